The van der Waals surface area contributed by atoms with E-state index >= 15 is 0 Å². The van der Waals surface area contributed by atoms with Crippen molar-refractivity contribution in [3.8, 4) is 28.2 Å². The molecule has 0 atom stereocenters. The summed E-state index contributed by atoms with van der Waals surface area (Å²) in [4.78, 5) is 51.9. The fourth-order valence-electron chi connectivity index (χ4n) is 5.44. The molecule has 0 bridgehead atoms. The largest absolute Gasteiger partial charge is 0.378 e. The van der Waals surface area contributed by atoms with E-state index in [2.05, 4.69) is 68.2 Å². The van der Waals surface area contributed by atoms with Gasteiger partial charge in [-0.15, -0.1) is 0 Å². The van der Waals surface area contributed by atoms with Gasteiger partial charge >= 0.3 is 12.1 Å². The number of hydrogen-bond donors (Lipinski definition) is 4. The highest BCUT2D eigenvalue weighted by Gasteiger charge is 2.14. The van der Waals surface area contributed by atoms with E-state index in [1.54, 1.807) is 35.7 Å². The van der Waals surface area contributed by atoms with Crippen LogP contribution in [0, 0.1) is 0 Å². The van der Waals surface area contributed by atoms with E-state index in [1.165, 1.54) is 22.7 Å². The van der Waals surface area contributed by atoms with Crippen molar-refractivity contribution < 1.29 is 14.3 Å². The van der Waals surface area contributed by atoms with Gasteiger partial charge in [0, 0.05) is 68.3 Å². The van der Waals surface area contributed by atoms with E-state index in [4.69, 9.17) is 4.74 Å². The summed E-state index contributed by atoms with van der Waals surface area (Å²) >= 11 is 2.89. The predicted octanol–water partition coefficient (Wildman–Crippen LogP) is 6.42. The van der Waals surface area contributed by atoms with Crippen LogP contribution in [0.5, 0.6) is 0 Å². The van der Waals surface area contributed by atoms with Crippen LogP contribution in [0.3, 0.4) is 0 Å². The topological polar surface area (TPSA) is 177 Å². The molecule has 17 heteroatoms. The lowest BCUT2D eigenvalue weighted by Crippen LogP contribution is -2.36. The number of aromatic nitrogens is 7. The van der Waals surface area contributed by atoms with Crippen LogP contribution in [-0.4, -0.2) is 85.9 Å². The average Bonchev–Trinajstić information content (AvgIpc) is 3.95. The zero-order chi connectivity index (χ0) is 36.6. The fourth-order valence-corrected chi connectivity index (χ4v) is 7.12. The lowest BCUT2D eigenvalue weighted by Gasteiger charge is -2.27. The third kappa shape index (κ3) is 8.71. The minimum Gasteiger partial charge on any atom is -0.378 e. The van der Waals surface area contributed by atoms with Crippen LogP contribution in [0.1, 0.15) is 13.8 Å². The predicted molar refractivity (Wildman–Crippen MR) is 209 cm³/mol. The van der Waals surface area contributed by atoms with Crippen molar-refractivity contribution in [2.45, 2.75) is 13.8 Å². The van der Waals surface area contributed by atoms with E-state index in [0.29, 0.717) is 29.3 Å². The van der Waals surface area contributed by atoms with Gasteiger partial charge in [-0.3, -0.25) is 15.2 Å². The molecule has 1 aliphatic rings. The Labute approximate surface area is 312 Å². The number of imidazole rings is 1. The lowest BCUT2D eigenvalue weighted by molar-refractivity contribution is 0.122. The molecular weight excluding hydrogens is 713 g/mol. The monoisotopic (exact) mass is 748 g/mol. The summed E-state index contributed by atoms with van der Waals surface area (Å²) < 4.78 is 9.16. The third-order valence-electron chi connectivity index (χ3n) is 8.01. The maximum absolute atomic E-state index is 11.7. The number of carbonyl (C=O) groups excluding carboxylic acids is 2. The molecule has 1 fully saturated rings. The Hall–Kier alpha value is -6.04. The number of amides is 4. The maximum atomic E-state index is 11.7. The van der Waals surface area contributed by atoms with Crippen molar-refractivity contribution in [3.05, 3.63) is 85.8 Å². The number of nitrogens with zero attached hydrogens (tertiary/aromatic N) is 8. The Kier molecular flexibility index (Phi) is 11.0. The van der Waals surface area contributed by atoms with Crippen molar-refractivity contribution in [1.29, 1.82) is 0 Å². The first kappa shape index (κ1) is 35.4. The number of urea groups is 2. The molecule has 8 rings (SSSR count). The number of carbonyl (C=O) groups is 2. The minimum absolute atomic E-state index is 0.236. The van der Waals surface area contributed by atoms with E-state index in [9.17, 15) is 9.59 Å². The average molecular weight is 749 g/mol. The van der Waals surface area contributed by atoms with Gasteiger partial charge in [0.1, 0.15) is 12.1 Å². The van der Waals surface area contributed by atoms with Gasteiger partial charge in [0.05, 0.1) is 33.6 Å². The number of morpholine rings is 1. The number of benzene rings is 2. The summed E-state index contributed by atoms with van der Waals surface area (Å²) in [5, 5.41) is 12.0. The molecule has 6 heterocycles. The molecule has 4 N–H and O–H groups in total. The second kappa shape index (κ2) is 16.5. The van der Waals surface area contributed by atoms with Crippen LogP contribution >= 0.6 is 22.7 Å². The van der Waals surface area contributed by atoms with Gasteiger partial charge in [-0.05, 0) is 61.4 Å². The van der Waals surface area contributed by atoms with E-state index in [1.807, 2.05) is 56.4 Å². The first-order valence-electron chi connectivity index (χ1n) is 17.0. The van der Waals surface area contributed by atoms with Gasteiger partial charge in [-0.1, -0.05) is 34.8 Å². The standard InChI is InChI=1S/C19H21N5O2S.C17H15N7OS/c1-2-20-18(25)23-19-22-15-11-13(3-5-16(15)27-19)14-4-6-17(21-12-14)24-7-9-26-10-8-24;1-2-19-16(25)23-17-22-13-7-11(3-4-14(13)26-17)12-8-20-15(21-9-12)24-6-5-18-10-24/h3-6,11-12H,2,7-10H2,1H3,(H2,20,22,23,25);3-10H,2H2,1H3,(H2,19,22,23,25). The molecule has 53 heavy (non-hydrogen) atoms. The van der Waals surface area contributed by atoms with Crippen LogP contribution in [0.4, 0.5) is 25.7 Å². The number of rotatable bonds is 8. The molecule has 5 aromatic heterocycles. The zero-order valence-corrected chi connectivity index (χ0v) is 30.6. The molecule has 270 valence electrons. The number of thiazole rings is 2. The number of pyridine rings is 1. The summed E-state index contributed by atoms with van der Waals surface area (Å²) in [7, 11) is 0. The van der Waals surface area contributed by atoms with Crippen LogP contribution in [0.2, 0.25) is 0 Å². The Bertz CT molecular complexity index is 2300. The van der Waals surface area contributed by atoms with Gasteiger partial charge in [-0.2, -0.15) is 0 Å². The van der Waals surface area contributed by atoms with Crippen molar-refractivity contribution >= 4 is 71.3 Å². The highest BCUT2D eigenvalue weighted by atomic mass is 32.1. The maximum Gasteiger partial charge on any atom is 0.321 e. The molecule has 0 radical (unpaired) electrons. The summed E-state index contributed by atoms with van der Waals surface area (Å²) in [5.74, 6) is 1.54. The first-order chi connectivity index (χ1) is 25.9. The molecule has 2 aromatic carbocycles. The SMILES string of the molecule is CCNC(=O)Nc1nc2cc(-c3ccc(N4CCOCC4)nc3)ccc2s1.CCNC(=O)Nc1nc2cc(-c3cnc(-n4ccnc4)nc3)ccc2s1. The summed E-state index contributed by atoms with van der Waals surface area (Å²) in [6.45, 7) is 8.13. The number of anilines is 3. The van der Waals surface area contributed by atoms with Gasteiger partial charge < -0.3 is 20.3 Å². The van der Waals surface area contributed by atoms with Crippen molar-refractivity contribution in [2.24, 2.45) is 0 Å². The van der Waals surface area contributed by atoms with Crippen molar-refractivity contribution in [2.75, 3.05) is 54.9 Å². The van der Waals surface area contributed by atoms with E-state index in [-0.39, 0.29) is 12.1 Å². The molecule has 1 aliphatic heterocycles. The first-order valence-corrected chi connectivity index (χ1v) is 18.6. The second-order valence-corrected chi connectivity index (χ2v) is 13.7. The molecule has 7 aromatic rings. The van der Waals surface area contributed by atoms with Crippen LogP contribution in [-0.2, 0) is 4.74 Å². The molecule has 0 spiro atoms. The van der Waals surface area contributed by atoms with Crippen LogP contribution in [0.25, 0.3) is 48.6 Å². The molecule has 0 aliphatic carbocycles. The Balaban J connectivity index is 0.000000164. The summed E-state index contributed by atoms with van der Waals surface area (Å²) in [6, 6.07) is 15.7. The molecule has 4 amide bonds. The summed E-state index contributed by atoms with van der Waals surface area (Å²) in [6.07, 6.45) is 10.6. The minimum atomic E-state index is -0.254. The van der Waals surface area contributed by atoms with Crippen molar-refractivity contribution in [3.63, 3.8) is 0 Å². The van der Waals surface area contributed by atoms with E-state index < -0.39 is 0 Å². The normalized spacial score (nSPS) is 12.6. The van der Waals surface area contributed by atoms with Crippen LogP contribution in [0.15, 0.2) is 85.8 Å². The van der Waals surface area contributed by atoms with Gasteiger partial charge in [0.2, 0.25) is 5.95 Å². The number of nitrogens with one attached hydrogen (secondary N) is 4. The lowest BCUT2D eigenvalue weighted by atomic mass is 10.1. The Morgan fingerprint density at radius 2 is 1.30 bits per heavy atom. The second-order valence-electron chi connectivity index (χ2n) is 11.6. The number of fused-ring (bicyclic) bond motifs is 2. The Morgan fingerprint density at radius 1 is 0.736 bits per heavy atom. The van der Waals surface area contributed by atoms with Gasteiger partial charge in [0.15, 0.2) is 10.3 Å². The number of ether oxygens (including phenoxy) is 1. The van der Waals surface area contributed by atoms with Gasteiger partial charge in [-0.25, -0.2) is 39.5 Å². The van der Waals surface area contributed by atoms with Crippen molar-refractivity contribution in [1.82, 2.24) is 45.1 Å². The van der Waals surface area contributed by atoms with Gasteiger partial charge in [0.25, 0.3) is 0 Å². The molecule has 1 saturated heterocycles. The summed E-state index contributed by atoms with van der Waals surface area (Å²) in [5.41, 5.74) is 5.63. The number of hydrogen-bond acceptors (Lipinski definition) is 12. The molecule has 0 unspecified atom stereocenters. The molecular formula is C36H36N12O3S2. The highest BCUT2D eigenvalue weighted by Crippen LogP contribution is 2.31. The molecule has 0 saturated carbocycles. The molecule has 15 nitrogen and oxygen atoms in total. The quantitative estimate of drug-likeness (QED) is 0.136. The Morgan fingerprint density at radius 3 is 1.83 bits per heavy atom. The smallest absolute Gasteiger partial charge is 0.321 e. The zero-order valence-electron chi connectivity index (χ0n) is 28.9. The van der Waals surface area contributed by atoms with E-state index in [0.717, 1.165) is 74.8 Å². The third-order valence-corrected chi connectivity index (χ3v) is 9.92. The highest BCUT2D eigenvalue weighted by molar-refractivity contribution is 7.22. The fraction of sp³-hybridized carbons (Fsp3) is 0.222. The van der Waals surface area contributed by atoms with Crippen LogP contribution < -0.4 is 26.2 Å².